The molecule has 2 aromatic rings. The number of carboxylic acid groups (broad SMARTS) is 1. The number of anilines is 1. The van der Waals surface area contributed by atoms with Gasteiger partial charge in [-0.2, -0.15) is 0 Å². The van der Waals surface area contributed by atoms with Crippen LogP contribution in [-0.2, 0) is 4.79 Å². The van der Waals surface area contributed by atoms with Crippen LogP contribution in [0.5, 0.6) is 0 Å². The first kappa shape index (κ1) is 12.5. The molecule has 0 radical (unpaired) electrons. The van der Waals surface area contributed by atoms with Crippen LogP contribution in [0, 0.1) is 0 Å². The lowest BCUT2D eigenvalue weighted by Gasteiger charge is -2.10. The van der Waals surface area contributed by atoms with Crippen LogP contribution in [0.4, 0.5) is 5.69 Å². The molecule has 0 unspecified atom stereocenters. The normalized spacial score (nSPS) is 10.3. The van der Waals surface area contributed by atoms with Crippen molar-refractivity contribution in [3.8, 4) is 0 Å². The highest BCUT2D eigenvalue weighted by Crippen LogP contribution is 2.28. The maximum atomic E-state index is 11.2. The highest BCUT2D eigenvalue weighted by molar-refractivity contribution is 9.10. The fourth-order valence-corrected chi connectivity index (χ4v) is 2.00. The second-order valence-electron chi connectivity index (χ2n) is 3.69. The molecule has 1 aromatic carbocycles. The van der Waals surface area contributed by atoms with Crippen molar-refractivity contribution in [3.05, 3.63) is 34.4 Å². The summed E-state index contributed by atoms with van der Waals surface area (Å²) < 4.78 is 0.783. The third-order valence-electron chi connectivity index (χ3n) is 2.36. The van der Waals surface area contributed by atoms with Crippen molar-refractivity contribution < 1.29 is 14.7 Å². The van der Waals surface area contributed by atoms with Gasteiger partial charge in [-0.05, 0) is 18.2 Å². The predicted molar refractivity (Wildman–Crippen MR) is 70.7 cm³/mol. The molecule has 1 heterocycles. The van der Waals surface area contributed by atoms with Crippen LogP contribution < -0.4 is 5.32 Å². The molecule has 0 aliphatic rings. The number of nitrogens with zero attached hydrogens (tertiary/aromatic N) is 1. The number of aromatic nitrogens is 1. The Kier molecular flexibility index (Phi) is 3.29. The zero-order valence-corrected chi connectivity index (χ0v) is 11.0. The average molecular weight is 309 g/mol. The van der Waals surface area contributed by atoms with Gasteiger partial charge in [-0.1, -0.05) is 15.9 Å². The largest absolute Gasteiger partial charge is 0.478 e. The van der Waals surface area contributed by atoms with Crippen LogP contribution in [0.3, 0.4) is 0 Å². The minimum absolute atomic E-state index is 0.0317. The van der Waals surface area contributed by atoms with Gasteiger partial charge < -0.3 is 10.4 Å². The van der Waals surface area contributed by atoms with Gasteiger partial charge in [0.1, 0.15) is 5.56 Å². The van der Waals surface area contributed by atoms with Crippen molar-refractivity contribution >= 4 is 44.4 Å². The first-order chi connectivity index (χ1) is 8.49. The predicted octanol–water partition coefficient (Wildman–Crippen LogP) is 2.65. The Labute approximate surface area is 111 Å². The van der Waals surface area contributed by atoms with Crippen molar-refractivity contribution in [2.75, 3.05) is 5.32 Å². The highest BCUT2D eigenvalue weighted by atomic mass is 79.9. The van der Waals surface area contributed by atoms with Crippen molar-refractivity contribution in [3.63, 3.8) is 0 Å². The van der Waals surface area contributed by atoms with E-state index in [2.05, 4.69) is 26.2 Å². The van der Waals surface area contributed by atoms with Gasteiger partial charge in [0.05, 0.1) is 11.2 Å². The lowest BCUT2D eigenvalue weighted by atomic mass is 10.1. The molecule has 0 fully saturated rings. The number of amides is 1. The molecule has 0 saturated heterocycles. The fraction of sp³-hybridized carbons (Fsp3) is 0.0833. The number of halogens is 1. The Morgan fingerprint density at radius 3 is 2.72 bits per heavy atom. The van der Waals surface area contributed by atoms with Crippen LogP contribution in [0.15, 0.2) is 28.9 Å². The maximum Gasteiger partial charge on any atom is 0.339 e. The summed E-state index contributed by atoms with van der Waals surface area (Å²) in [6.45, 7) is 1.33. The number of nitrogens with one attached hydrogen (secondary N) is 1. The Morgan fingerprint density at radius 1 is 1.39 bits per heavy atom. The van der Waals surface area contributed by atoms with Crippen molar-refractivity contribution in [2.24, 2.45) is 0 Å². The number of hydrogen-bond acceptors (Lipinski definition) is 3. The second-order valence-corrected chi connectivity index (χ2v) is 4.61. The zero-order valence-electron chi connectivity index (χ0n) is 9.40. The molecule has 92 valence electrons. The molecule has 0 spiro atoms. The number of aromatic carboxylic acids is 1. The van der Waals surface area contributed by atoms with Crippen molar-refractivity contribution in [2.45, 2.75) is 6.92 Å². The SMILES string of the molecule is CC(=O)Nc1c(C(=O)O)cnc2ccc(Br)cc12. The van der Waals surface area contributed by atoms with E-state index in [-0.39, 0.29) is 17.2 Å². The molecular formula is C12H9BrN2O3. The minimum atomic E-state index is -1.13. The van der Waals surface area contributed by atoms with E-state index in [9.17, 15) is 9.59 Å². The van der Waals surface area contributed by atoms with E-state index < -0.39 is 5.97 Å². The first-order valence-electron chi connectivity index (χ1n) is 5.08. The summed E-state index contributed by atoms with van der Waals surface area (Å²) >= 11 is 3.31. The second kappa shape index (κ2) is 4.73. The smallest absolute Gasteiger partial charge is 0.339 e. The maximum absolute atomic E-state index is 11.2. The van der Waals surface area contributed by atoms with Gasteiger partial charge in [-0.15, -0.1) is 0 Å². The van der Waals surface area contributed by atoms with Gasteiger partial charge in [0, 0.05) is 23.0 Å². The summed E-state index contributed by atoms with van der Waals surface area (Å²) in [6.07, 6.45) is 1.24. The minimum Gasteiger partial charge on any atom is -0.478 e. The number of carboxylic acids is 1. The Balaban J connectivity index is 2.78. The monoisotopic (exact) mass is 308 g/mol. The Morgan fingerprint density at radius 2 is 2.11 bits per heavy atom. The molecule has 6 heteroatoms. The molecule has 0 bridgehead atoms. The molecule has 2 N–H and O–H groups in total. The van der Waals surface area contributed by atoms with E-state index in [0.29, 0.717) is 10.9 Å². The Hall–Kier alpha value is -1.95. The van der Waals surface area contributed by atoms with Gasteiger partial charge in [0.25, 0.3) is 0 Å². The van der Waals surface area contributed by atoms with Gasteiger partial charge in [-0.25, -0.2) is 4.79 Å². The summed E-state index contributed by atoms with van der Waals surface area (Å²) in [7, 11) is 0. The fourth-order valence-electron chi connectivity index (χ4n) is 1.64. The van der Waals surface area contributed by atoms with E-state index in [1.54, 1.807) is 18.2 Å². The van der Waals surface area contributed by atoms with E-state index in [0.717, 1.165) is 4.47 Å². The topological polar surface area (TPSA) is 79.3 Å². The highest BCUT2D eigenvalue weighted by Gasteiger charge is 2.15. The number of fused-ring (bicyclic) bond motifs is 1. The summed E-state index contributed by atoms with van der Waals surface area (Å²) in [6, 6.07) is 5.27. The van der Waals surface area contributed by atoms with Gasteiger partial charge in [0.2, 0.25) is 5.91 Å². The molecule has 0 atom stereocenters. The molecule has 0 aliphatic heterocycles. The molecule has 0 saturated carbocycles. The van der Waals surface area contributed by atoms with Crippen LogP contribution >= 0.6 is 15.9 Å². The number of carbonyl (C=O) groups is 2. The van der Waals surface area contributed by atoms with Gasteiger partial charge >= 0.3 is 5.97 Å². The number of hydrogen-bond donors (Lipinski definition) is 2. The Bertz CT molecular complexity index is 655. The quantitative estimate of drug-likeness (QED) is 0.894. The van der Waals surface area contributed by atoms with E-state index in [4.69, 9.17) is 5.11 Å². The molecule has 0 aliphatic carbocycles. The molecule has 5 nitrogen and oxygen atoms in total. The lowest BCUT2D eigenvalue weighted by Crippen LogP contribution is -2.12. The molecular weight excluding hydrogens is 300 g/mol. The molecule has 1 amide bonds. The zero-order chi connectivity index (χ0) is 13.3. The standard InChI is InChI=1S/C12H9BrN2O3/c1-6(16)15-11-8-4-7(13)2-3-10(8)14-5-9(11)12(17)18/h2-5H,1H3,(H,17,18)(H,14,15,16). The van der Waals surface area contributed by atoms with Crippen LogP contribution in [0.1, 0.15) is 17.3 Å². The summed E-state index contributed by atoms with van der Waals surface area (Å²) in [5.74, 6) is -1.46. The average Bonchev–Trinajstić information content (AvgIpc) is 2.28. The lowest BCUT2D eigenvalue weighted by molar-refractivity contribution is -0.114. The summed E-state index contributed by atoms with van der Waals surface area (Å²) in [5.41, 5.74) is 0.851. The third-order valence-corrected chi connectivity index (χ3v) is 2.85. The van der Waals surface area contributed by atoms with Gasteiger partial charge in [-0.3, -0.25) is 9.78 Å². The number of benzene rings is 1. The third kappa shape index (κ3) is 2.33. The molecule has 2 rings (SSSR count). The van der Waals surface area contributed by atoms with E-state index >= 15 is 0 Å². The number of pyridine rings is 1. The summed E-state index contributed by atoms with van der Waals surface area (Å²) in [4.78, 5) is 26.4. The summed E-state index contributed by atoms with van der Waals surface area (Å²) in [5, 5.41) is 12.2. The molecule has 18 heavy (non-hydrogen) atoms. The van der Waals surface area contributed by atoms with Crippen molar-refractivity contribution in [1.82, 2.24) is 4.98 Å². The first-order valence-corrected chi connectivity index (χ1v) is 5.87. The number of rotatable bonds is 2. The number of carbonyl (C=O) groups excluding carboxylic acids is 1. The van der Waals surface area contributed by atoms with E-state index in [1.165, 1.54) is 13.1 Å². The molecule has 1 aromatic heterocycles. The van der Waals surface area contributed by atoms with Gasteiger partial charge in [0.15, 0.2) is 0 Å². The van der Waals surface area contributed by atoms with Crippen LogP contribution in [-0.4, -0.2) is 22.0 Å². The van der Waals surface area contributed by atoms with Crippen molar-refractivity contribution in [1.29, 1.82) is 0 Å². The van der Waals surface area contributed by atoms with E-state index in [1.807, 2.05) is 0 Å². The van der Waals surface area contributed by atoms with Crippen LogP contribution in [0.25, 0.3) is 10.9 Å². The van der Waals surface area contributed by atoms with Crippen LogP contribution in [0.2, 0.25) is 0 Å².